The minimum absolute atomic E-state index is 0.0151. The summed E-state index contributed by atoms with van der Waals surface area (Å²) in [5.41, 5.74) is 1.66. The Morgan fingerprint density at radius 1 is 0.971 bits per heavy atom. The Morgan fingerprint density at radius 2 is 1.71 bits per heavy atom. The quantitative estimate of drug-likeness (QED) is 0.259. The molecule has 0 saturated heterocycles. The maximum Gasteiger partial charge on any atom is 0.240 e. The van der Waals surface area contributed by atoms with E-state index >= 15 is 0 Å². The van der Waals surface area contributed by atoms with Gasteiger partial charge in [-0.3, -0.25) is 4.79 Å². The number of nitrogens with zero attached hydrogens (tertiary/aromatic N) is 4. The van der Waals surface area contributed by atoms with Gasteiger partial charge in [-0.15, -0.1) is 15.3 Å². The van der Waals surface area contributed by atoms with Gasteiger partial charge in [-0.2, -0.15) is 4.52 Å². The summed E-state index contributed by atoms with van der Waals surface area (Å²) in [5, 5.41) is 12.7. The fourth-order valence-electron chi connectivity index (χ4n) is 3.29. The minimum Gasteiger partial charge on any atom is -0.493 e. The van der Waals surface area contributed by atoms with Crippen molar-refractivity contribution in [2.24, 2.45) is 0 Å². The minimum atomic E-state index is -3.75. The van der Waals surface area contributed by atoms with Gasteiger partial charge in [0.25, 0.3) is 0 Å². The largest absolute Gasteiger partial charge is 0.493 e. The maximum atomic E-state index is 12.5. The monoisotopic (exact) mass is 497 g/mol. The first-order valence-corrected chi connectivity index (χ1v) is 12.0. The molecular weight excluding hydrogens is 474 g/mol. The predicted molar refractivity (Wildman–Crippen MR) is 126 cm³/mol. The lowest BCUT2D eigenvalue weighted by Gasteiger charge is -2.10. The molecule has 0 aliphatic heterocycles. The number of nitrogens with one attached hydrogen (secondary N) is 1. The van der Waals surface area contributed by atoms with Crippen molar-refractivity contribution in [3.05, 3.63) is 60.2 Å². The molecule has 0 fully saturated rings. The number of methoxy groups -OCH3 is 2. The number of Topliss-reactive ketones (excluding diaryl/α,β-unsaturated/α-hetero) is 1. The highest BCUT2D eigenvalue weighted by molar-refractivity contribution is 7.89. The van der Waals surface area contributed by atoms with Crippen molar-refractivity contribution >= 4 is 21.5 Å². The third-order valence-corrected chi connectivity index (χ3v) is 6.57. The van der Waals surface area contributed by atoms with E-state index in [-0.39, 0.29) is 29.7 Å². The second-order valence-corrected chi connectivity index (χ2v) is 9.13. The number of sulfonamides is 1. The average molecular weight is 498 g/mol. The molecule has 0 amide bonds. The van der Waals surface area contributed by atoms with Gasteiger partial charge < -0.3 is 14.2 Å². The lowest BCUT2D eigenvalue weighted by atomic mass is 10.2. The smallest absolute Gasteiger partial charge is 0.240 e. The van der Waals surface area contributed by atoms with Gasteiger partial charge in [0.2, 0.25) is 15.9 Å². The Labute approximate surface area is 201 Å². The Balaban J connectivity index is 1.44. The number of ether oxygens (including phenoxy) is 3. The molecule has 182 valence electrons. The molecule has 4 aromatic rings. The number of fused-ring (bicyclic) bond motifs is 1. The first kappa shape index (κ1) is 24.1. The van der Waals surface area contributed by atoms with E-state index in [4.69, 9.17) is 14.2 Å². The van der Waals surface area contributed by atoms with Crippen LogP contribution in [0.15, 0.2) is 59.5 Å². The van der Waals surface area contributed by atoms with Crippen molar-refractivity contribution in [3.63, 3.8) is 0 Å². The van der Waals surface area contributed by atoms with E-state index in [9.17, 15) is 13.2 Å². The molecule has 35 heavy (non-hydrogen) atoms. The molecule has 0 spiro atoms. The first-order chi connectivity index (χ1) is 16.8. The average Bonchev–Trinajstić information content (AvgIpc) is 3.29. The van der Waals surface area contributed by atoms with Crippen LogP contribution in [-0.2, 0) is 10.0 Å². The SMILES string of the molecule is COc1ccc(-c2nnc3ccc(OCCNS(=O)(=O)c4ccc(C(C)=O)cc4)nn23)cc1OC. The highest BCUT2D eigenvalue weighted by Gasteiger charge is 2.15. The number of rotatable bonds is 10. The number of aromatic nitrogens is 4. The van der Waals surface area contributed by atoms with Crippen molar-refractivity contribution in [1.29, 1.82) is 0 Å². The number of carbonyl (C=O) groups excluding carboxylic acids is 1. The molecule has 1 N–H and O–H groups in total. The van der Waals surface area contributed by atoms with Gasteiger partial charge in [-0.25, -0.2) is 13.1 Å². The summed E-state index contributed by atoms with van der Waals surface area (Å²) >= 11 is 0. The van der Waals surface area contributed by atoms with Crippen LogP contribution in [0.5, 0.6) is 17.4 Å². The summed E-state index contributed by atoms with van der Waals surface area (Å²) in [5.74, 6) is 1.73. The Hall–Kier alpha value is -4.03. The van der Waals surface area contributed by atoms with Gasteiger partial charge >= 0.3 is 0 Å². The van der Waals surface area contributed by atoms with Gasteiger partial charge in [0, 0.05) is 23.7 Å². The van der Waals surface area contributed by atoms with E-state index < -0.39 is 10.0 Å². The molecule has 0 aliphatic rings. The second kappa shape index (κ2) is 10.1. The molecule has 0 atom stereocenters. The van der Waals surface area contributed by atoms with E-state index in [0.717, 1.165) is 0 Å². The predicted octanol–water partition coefficient (Wildman–Crippen LogP) is 2.37. The van der Waals surface area contributed by atoms with Crippen LogP contribution in [0.2, 0.25) is 0 Å². The van der Waals surface area contributed by atoms with Crippen molar-refractivity contribution in [2.45, 2.75) is 11.8 Å². The Morgan fingerprint density at radius 3 is 2.40 bits per heavy atom. The highest BCUT2D eigenvalue weighted by Crippen LogP contribution is 2.31. The van der Waals surface area contributed by atoms with Gasteiger partial charge in [0.1, 0.15) is 6.61 Å². The fourth-order valence-corrected chi connectivity index (χ4v) is 4.30. The van der Waals surface area contributed by atoms with Gasteiger partial charge in [-0.05, 0) is 43.3 Å². The summed E-state index contributed by atoms with van der Waals surface area (Å²) in [4.78, 5) is 11.4. The van der Waals surface area contributed by atoms with E-state index in [2.05, 4.69) is 20.0 Å². The molecule has 11 nitrogen and oxygen atoms in total. The third kappa shape index (κ3) is 5.23. The summed E-state index contributed by atoms with van der Waals surface area (Å²) in [6.07, 6.45) is 0. The molecule has 4 rings (SSSR count). The zero-order valence-corrected chi connectivity index (χ0v) is 20.1. The standard InChI is InChI=1S/C23H23N5O6S/c1-15(29)16-4-7-18(8-5-16)35(30,31)24-12-13-34-22-11-10-21-25-26-23(28(21)27-22)17-6-9-19(32-2)20(14-17)33-3/h4-11,14,24H,12-13H2,1-3H3. The van der Waals surface area contributed by atoms with Crippen molar-refractivity contribution in [1.82, 2.24) is 24.5 Å². The summed E-state index contributed by atoms with van der Waals surface area (Å²) in [6, 6.07) is 14.4. The van der Waals surface area contributed by atoms with Crippen LogP contribution < -0.4 is 18.9 Å². The van der Waals surface area contributed by atoms with Crippen LogP contribution in [0, 0.1) is 0 Å². The number of carbonyl (C=O) groups is 1. The molecular formula is C23H23N5O6S. The molecule has 2 aromatic carbocycles. The number of hydrogen-bond acceptors (Lipinski definition) is 9. The zero-order valence-electron chi connectivity index (χ0n) is 19.3. The Kier molecular flexibility index (Phi) is 6.94. The van der Waals surface area contributed by atoms with Gasteiger partial charge in [0.05, 0.1) is 19.1 Å². The summed E-state index contributed by atoms with van der Waals surface area (Å²) in [7, 11) is -0.647. The number of hydrogen-bond donors (Lipinski definition) is 1. The maximum absolute atomic E-state index is 12.5. The van der Waals surface area contributed by atoms with Crippen LogP contribution in [-0.4, -0.2) is 61.4 Å². The van der Waals surface area contributed by atoms with Gasteiger partial charge in [0.15, 0.2) is 28.8 Å². The molecule has 2 heterocycles. The lowest BCUT2D eigenvalue weighted by Crippen LogP contribution is -2.28. The second-order valence-electron chi connectivity index (χ2n) is 7.36. The molecule has 0 unspecified atom stereocenters. The fraction of sp³-hybridized carbons (Fsp3) is 0.217. The molecule has 2 aromatic heterocycles. The molecule has 0 saturated carbocycles. The topological polar surface area (TPSA) is 134 Å². The molecule has 12 heteroatoms. The molecule has 0 aliphatic carbocycles. The van der Waals surface area contributed by atoms with Crippen molar-refractivity contribution in [2.75, 3.05) is 27.4 Å². The van der Waals surface area contributed by atoms with Crippen LogP contribution in [0.3, 0.4) is 0 Å². The number of benzene rings is 2. The highest BCUT2D eigenvalue weighted by atomic mass is 32.2. The third-order valence-electron chi connectivity index (χ3n) is 5.10. The zero-order chi connectivity index (χ0) is 25.0. The van der Waals surface area contributed by atoms with E-state index in [1.165, 1.54) is 35.7 Å². The number of ketones is 1. The normalized spacial score (nSPS) is 11.4. The van der Waals surface area contributed by atoms with E-state index in [0.29, 0.717) is 34.1 Å². The van der Waals surface area contributed by atoms with E-state index in [1.54, 1.807) is 38.5 Å². The van der Waals surface area contributed by atoms with Crippen LogP contribution in [0.25, 0.3) is 17.0 Å². The molecule has 0 bridgehead atoms. The van der Waals surface area contributed by atoms with Crippen molar-refractivity contribution in [3.8, 4) is 28.8 Å². The first-order valence-electron chi connectivity index (χ1n) is 10.5. The molecule has 0 radical (unpaired) electrons. The van der Waals surface area contributed by atoms with Gasteiger partial charge in [-0.1, -0.05) is 12.1 Å². The van der Waals surface area contributed by atoms with E-state index in [1.807, 2.05) is 6.07 Å². The Bertz CT molecular complexity index is 1470. The lowest BCUT2D eigenvalue weighted by molar-refractivity contribution is 0.101. The van der Waals surface area contributed by atoms with Crippen LogP contribution >= 0.6 is 0 Å². The summed E-state index contributed by atoms with van der Waals surface area (Å²) < 4.78 is 45.2. The van der Waals surface area contributed by atoms with Crippen LogP contribution in [0.4, 0.5) is 0 Å². The van der Waals surface area contributed by atoms with Crippen LogP contribution in [0.1, 0.15) is 17.3 Å². The summed E-state index contributed by atoms with van der Waals surface area (Å²) in [6.45, 7) is 1.47. The van der Waals surface area contributed by atoms with Crippen molar-refractivity contribution < 1.29 is 27.4 Å².